The van der Waals surface area contributed by atoms with Crippen molar-refractivity contribution in [1.82, 2.24) is 15.2 Å². The molecule has 1 rings (SSSR count). The highest BCUT2D eigenvalue weighted by molar-refractivity contribution is 5.76. The molecule has 4 heteroatoms. The fraction of sp³-hybridized carbons (Fsp3) is 0.667. The minimum atomic E-state index is 0.115. The lowest BCUT2D eigenvalue weighted by Gasteiger charge is -2.14. The number of aryl methyl sites for hydroxylation is 1. The molecule has 0 aromatic carbocycles. The maximum Gasteiger partial charge on any atom is 0.221 e. The van der Waals surface area contributed by atoms with Gasteiger partial charge in [0.2, 0.25) is 5.91 Å². The molecule has 1 heterocycles. The first-order chi connectivity index (χ1) is 9.06. The van der Waals surface area contributed by atoms with Crippen molar-refractivity contribution in [2.24, 2.45) is 0 Å². The molecule has 1 aromatic rings. The number of rotatable bonds is 8. The van der Waals surface area contributed by atoms with E-state index in [-0.39, 0.29) is 11.9 Å². The van der Waals surface area contributed by atoms with Crippen LogP contribution in [0.3, 0.4) is 0 Å². The van der Waals surface area contributed by atoms with Gasteiger partial charge >= 0.3 is 0 Å². The molecule has 1 atom stereocenters. The lowest BCUT2D eigenvalue weighted by molar-refractivity contribution is -0.121. The van der Waals surface area contributed by atoms with Gasteiger partial charge in [0, 0.05) is 37.4 Å². The molecule has 1 aromatic heterocycles. The molecule has 0 aliphatic rings. The number of carbonyl (C=O) groups is 1. The molecule has 0 radical (unpaired) electrons. The van der Waals surface area contributed by atoms with Gasteiger partial charge in [-0.3, -0.25) is 4.79 Å². The average molecular weight is 265 g/mol. The second kappa shape index (κ2) is 8.00. The summed E-state index contributed by atoms with van der Waals surface area (Å²) in [5.74, 6) is 0.115. The van der Waals surface area contributed by atoms with Crippen molar-refractivity contribution in [3.63, 3.8) is 0 Å². The molecule has 4 nitrogen and oxygen atoms in total. The summed E-state index contributed by atoms with van der Waals surface area (Å²) in [5.41, 5.74) is 1.30. The summed E-state index contributed by atoms with van der Waals surface area (Å²) in [7, 11) is 0. The van der Waals surface area contributed by atoms with Crippen molar-refractivity contribution in [3.8, 4) is 0 Å². The summed E-state index contributed by atoms with van der Waals surface area (Å²) in [6, 6.07) is 2.76. The van der Waals surface area contributed by atoms with Crippen LogP contribution in [0.4, 0.5) is 0 Å². The number of amides is 1. The number of hydrogen-bond donors (Lipinski definition) is 2. The SMILES string of the molecule is CCNC(CC)c1ccn(CCC(=O)NC(C)C)c1. The molecule has 1 amide bonds. The first-order valence-electron chi connectivity index (χ1n) is 7.25. The summed E-state index contributed by atoms with van der Waals surface area (Å²) in [4.78, 5) is 11.6. The van der Waals surface area contributed by atoms with Crippen LogP contribution in [0.15, 0.2) is 18.5 Å². The Hall–Kier alpha value is -1.29. The number of hydrogen-bond acceptors (Lipinski definition) is 2. The van der Waals surface area contributed by atoms with Gasteiger partial charge in [-0.1, -0.05) is 13.8 Å². The van der Waals surface area contributed by atoms with Crippen molar-refractivity contribution in [1.29, 1.82) is 0 Å². The van der Waals surface area contributed by atoms with E-state index in [4.69, 9.17) is 0 Å². The molecule has 0 aliphatic heterocycles. The predicted octanol–water partition coefficient (Wildman–Crippen LogP) is 2.46. The van der Waals surface area contributed by atoms with E-state index >= 15 is 0 Å². The Bertz CT molecular complexity index is 384. The molecular weight excluding hydrogens is 238 g/mol. The number of nitrogens with zero attached hydrogens (tertiary/aromatic N) is 1. The van der Waals surface area contributed by atoms with Gasteiger partial charge in [0.1, 0.15) is 0 Å². The second-order valence-electron chi connectivity index (χ2n) is 5.17. The lowest BCUT2D eigenvalue weighted by Crippen LogP contribution is -2.30. The monoisotopic (exact) mass is 265 g/mol. The molecule has 0 bridgehead atoms. The summed E-state index contributed by atoms with van der Waals surface area (Å²) in [6.07, 6.45) is 5.80. The van der Waals surface area contributed by atoms with Gasteiger partial charge in [0.05, 0.1) is 0 Å². The van der Waals surface area contributed by atoms with Crippen LogP contribution in [-0.4, -0.2) is 23.1 Å². The highest BCUT2D eigenvalue weighted by atomic mass is 16.1. The van der Waals surface area contributed by atoms with Gasteiger partial charge in [0.15, 0.2) is 0 Å². The third kappa shape index (κ3) is 5.47. The quantitative estimate of drug-likeness (QED) is 0.758. The summed E-state index contributed by atoms with van der Waals surface area (Å²) < 4.78 is 2.09. The van der Waals surface area contributed by atoms with E-state index in [1.807, 2.05) is 13.8 Å². The minimum absolute atomic E-state index is 0.115. The van der Waals surface area contributed by atoms with Crippen molar-refractivity contribution < 1.29 is 4.79 Å². The van der Waals surface area contributed by atoms with Crippen LogP contribution in [0.25, 0.3) is 0 Å². The predicted molar refractivity (Wildman–Crippen MR) is 79.0 cm³/mol. The third-order valence-electron chi connectivity index (χ3n) is 3.08. The lowest BCUT2D eigenvalue weighted by atomic mass is 10.1. The molecule has 1 unspecified atom stereocenters. The van der Waals surface area contributed by atoms with Gasteiger partial charge in [-0.15, -0.1) is 0 Å². The largest absolute Gasteiger partial charge is 0.354 e. The number of nitrogens with one attached hydrogen (secondary N) is 2. The summed E-state index contributed by atoms with van der Waals surface area (Å²) >= 11 is 0. The zero-order valence-corrected chi connectivity index (χ0v) is 12.6. The van der Waals surface area contributed by atoms with Crippen LogP contribution in [-0.2, 0) is 11.3 Å². The van der Waals surface area contributed by atoms with Crippen LogP contribution in [0, 0.1) is 0 Å². The molecule has 0 saturated heterocycles. The van der Waals surface area contributed by atoms with E-state index in [0.29, 0.717) is 12.5 Å². The zero-order chi connectivity index (χ0) is 14.3. The van der Waals surface area contributed by atoms with Crippen molar-refractivity contribution >= 4 is 5.91 Å². The Morgan fingerprint density at radius 2 is 2.11 bits per heavy atom. The van der Waals surface area contributed by atoms with Gasteiger partial charge in [-0.2, -0.15) is 0 Å². The summed E-state index contributed by atoms with van der Waals surface area (Å²) in [5, 5.41) is 6.37. The Morgan fingerprint density at radius 1 is 1.37 bits per heavy atom. The smallest absolute Gasteiger partial charge is 0.221 e. The maximum absolute atomic E-state index is 11.6. The minimum Gasteiger partial charge on any atom is -0.354 e. The molecule has 2 N–H and O–H groups in total. The van der Waals surface area contributed by atoms with Crippen LogP contribution in [0.1, 0.15) is 52.1 Å². The highest BCUT2D eigenvalue weighted by Crippen LogP contribution is 2.16. The van der Waals surface area contributed by atoms with E-state index in [0.717, 1.165) is 19.5 Å². The van der Waals surface area contributed by atoms with Crippen LogP contribution >= 0.6 is 0 Å². The van der Waals surface area contributed by atoms with Gasteiger partial charge < -0.3 is 15.2 Å². The average Bonchev–Trinajstić information content (AvgIpc) is 2.81. The van der Waals surface area contributed by atoms with Gasteiger partial charge in [0.25, 0.3) is 0 Å². The fourth-order valence-electron chi connectivity index (χ4n) is 2.17. The van der Waals surface area contributed by atoms with Gasteiger partial charge in [-0.25, -0.2) is 0 Å². The first-order valence-corrected chi connectivity index (χ1v) is 7.25. The van der Waals surface area contributed by atoms with E-state index in [1.165, 1.54) is 5.56 Å². The normalized spacial score (nSPS) is 12.7. The van der Waals surface area contributed by atoms with E-state index in [1.54, 1.807) is 0 Å². The topological polar surface area (TPSA) is 46.1 Å². The van der Waals surface area contributed by atoms with Crippen molar-refractivity contribution in [3.05, 3.63) is 24.0 Å². The molecule has 0 aliphatic carbocycles. The maximum atomic E-state index is 11.6. The van der Waals surface area contributed by atoms with E-state index in [2.05, 4.69) is 47.5 Å². The van der Waals surface area contributed by atoms with Crippen LogP contribution < -0.4 is 10.6 Å². The molecule has 0 saturated carbocycles. The number of carbonyl (C=O) groups excluding carboxylic acids is 1. The molecule has 108 valence electrons. The van der Waals surface area contributed by atoms with Crippen LogP contribution in [0.5, 0.6) is 0 Å². The fourth-order valence-corrected chi connectivity index (χ4v) is 2.17. The third-order valence-corrected chi connectivity index (χ3v) is 3.08. The zero-order valence-electron chi connectivity index (χ0n) is 12.6. The van der Waals surface area contributed by atoms with Crippen LogP contribution in [0.2, 0.25) is 0 Å². The Labute approximate surface area is 116 Å². The highest BCUT2D eigenvalue weighted by Gasteiger charge is 2.09. The van der Waals surface area contributed by atoms with Crippen molar-refractivity contribution in [2.75, 3.05) is 6.54 Å². The molecule has 19 heavy (non-hydrogen) atoms. The molecule has 0 fully saturated rings. The summed E-state index contributed by atoms with van der Waals surface area (Å²) in [6.45, 7) is 9.97. The Kier molecular flexibility index (Phi) is 6.64. The Morgan fingerprint density at radius 3 is 2.68 bits per heavy atom. The second-order valence-corrected chi connectivity index (χ2v) is 5.17. The van der Waals surface area contributed by atoms with E-state index < -0.39 is 0 Å². The van der Waals surface area contributed by atoms with E-state index in [9.17, 15) is 4.79 Å². The van der Waals surface area contributed by atoms with Gasteiger partial charge in [-0.05, 0) is 38.4 Å². The van der Waals surface area contributed by atoms with Crippen molar-refractivity contribution in [2.45, 2.75) is 59.2 Å². The molecule has 0 spiro atoms. The first kappa shape index (κ1) is 15.8. The number of aromatic nitrogens is 1. The molecular formula is C15H27N3O. The standard InChI is InChI=1S/C15H27N3O/c1-5-14(16-6-2)13-7-9-18(11-13)10-8-15(19)17-12(3)4/h7,9,11-12,14,16H,5-6,8,10H2,1-4H3,(H,17,19). The Balaban J connectivity index is 2.48.